The third-order valence-corrected chi connectivity index (χ3v) is 4.81. The van der Waals surface area contributed by atoms with Crippen LogP contribution in [0.1, 0.15) is 21.6 Å². The van der Waals surface area contributed by atoms with Crippen LogP contribution >= 0.6 is 0 Å². The number of aryl methyl sites for hydroxylation is 1. The first-order valence-corrected chi connectivity index (χ1v) is 9.96. The zero-order valence-electron chi connectivity index (χ0n) is 17.6. The van der Waals surface area contributed by atoms with Gasteiger partial charge in [0.1, 0.15) is 23.8 Å². The van der Waals surface area contributed by atoms with Crippen LogP contribution in [0.3, 0.4) is 0 Å². The summed E-state index contributed by atoms with van der Waals surface area (Å²) in [6.07, 6.45) is 0. The Morgan fingerprint density at radius 3 is 2.39 bits per heavy atom. The van der Waals surface area contributed by atoms with Crippen molar-refractivity contribution in [3.8, 4) is 23.1 Å². The van der Waals surface area contributed by atoms with Gasteiger partial charge >= 0.3 is 5.97 Å². The van der Waals surface area contributed by atoms with Gasteiger partial charge in [0.2, 0.25) is 5.88 Å². The highest BCUT2D eigenvalue weighted by Gasteiger charge is 2.16. The van der Waals surface area contributed by atoms with Crippen LogP contribution in [-0.2, 0) is 6.61 Å². The van der Waals surface area contributed by atoms with Gasteiger partial charge in [-0.2, -0.15) is 9.78 Å². The lowest BCUT2D eigenvalue weighted by Gasteiger charge is -2.08. The molecule has 9 nitrogen and oxygen atoms in total. The lowest BCUT2D eigenvalue weighted by molar-refractivity contribution is 0.0696. The molecule has 0 atom stereocenters. The zero-order chi connectivity index (χ0) is 23.4. The number of carboxylic acids is 1. The molecule has 0 amide bonds. The summed E-state index contributed by atoms with van der Waals surface area (Å²) in [7, 11) is 0. The first-order valence-electron chi connectivity index (χ1n) is 9.96. The maximum atomic E-state index is 11.0. The number of aromatic carboxylic acids is 1. The Labute approximate surface area is 188 Å². The molecular formula is C24H20N4O5. The lowest BCUT2D eigenvalue weighted by Crippen LogP contribution is -1.98. The van der Waals surface area contributed by atoms with Crippen molar-refractivity contribution in [2.24, 2.45) is 10.2 Å². The molecule has 3 aromatic carbocycles. The van der Waals surface area contributed by atoms with Crippen LogP contribution in [0.5, 0.6) is 17.4 Å². The molecule has 0 spiro atoms. The Morgan fingerprint density at radius 2 is 1.73 bits per heavy atom. The van der Waals surface area contributed by atoms with Crippen LogP contribution in [0.4, 0.5) is 11.4 Å². The molecule has 0 aliphatic rings. The van der Waals surface area contributed by atoms with Crippen molar-refractivity contribution in [3.63, 3.8) is 0 Å². The minimum atomic E-state index is -1.17. The Kier molecular flexibility index (Phi) is 6.03. The third-order valence-electron chi connectivity index (χ3n) is 4.81. The number of azo groups is 1. The highest BCUT2D eigenvalue weighted by molar-refractivity contribution is 5.88. The summed E-state index contributed by atoms with van der Waals surface area (Å²) in [5, 5.41) is 41.8. The number of rotatable bonds is 7. The number of aromatic hydroxyl groups is 2. The lowest BCUT2D eigenvalue weighted by atomic mass is 10.2. The second-order valence-electron chi connectivity index (χ2n) is 7.15. The van der Waals surface area contributed by atoms with Crippen molar-refractivity contribution >= 4 is 17.3 Å². The molecule has 166 valence electrons. The standard InChI is InChI=1S/C24H20N4O5/c1-15-22(26-25-20-12-7-17(24(31)32)13-21(20)29)23(30)28(27-15)18-8-10-19(11-9-18)33-14-16-5-3-2-4-6-16/h2-13,29-30H,14H2,1H3,(H,31,32)/b26-25+. The highest BCUT2D eigenvalue weighted by atomic mass is 16.5. The average Bonchev–Trinajstić information content (AvgIpc) is 3.11. The van der Waals surface area contributed by atoms with Gasteiger partial charge in [-0.05, 0) is 55.0 Å². The van der Waals surface area contributed by atoms with Gasteiger partial charge in [-0.15, -0.1) is 10.2 Å². The van der Waals surface area contributed by atoms with E-state index < -0.39 is 5.97 Å². The number of hydrogen-bond acceptors (Lipinski definition) is 7. The Morgan fingerprint density at radius 1 is 1.00 bits per heavy atom. The minimum absolute atomic E-state index is 0.0615. The van der Waals surface area contributed by atoms with Gasteiger partial charge < -0.3 is 20.1 Å². The molecule has 0 bridgehead atoms. The maximum Gasteiger partial charge on any atom is 0.335 e. The summed E-state index contributed by atoms with van der Waals surface area (Å²) in [5.74, 6) is -1.06. The van der Waals surface area contributed by atoms with Crippen molar-refractivity contribution in [2.75, 3.05) is 0 Å². The van der Waals surface area contributed by atoms with Gasteiger partial charge in [0.15, 0.2) is 5.69 Å². The van der Waals surface area contributed by atoms with Crippen LogP contribution in [0, 0.1) is 6.92 Å². The van der Waals surface area contributed by atoms with E-state index in [0.717, 1.165) is 11.6 Å². The molecule has 1 aromatic heterocycles. The van der Waals surface area contributed by atoms with Crippen molar-refractivity contribution in [2.45, 2.75) is 13.5 Å². The topological polar surface area (TPSA) is 130 Å². The van der Waals surface area contributed by atoms with E-state index in [9.17, 15) is 15.0 Å². The van der Waals surface area contributed by atoms with Crippen molar-refractivity contribution in [3.05, 3.63) is 89.6 Å². The average molecular weight is 444 g/mol. The Bertz CT molecular complexity index is 1310. The molecule has 1 heterocycles. The van der Waals surface area contributed by atoms with Gasteiger partial charge in [-0.1, -0.05) is 30.3 Å². The molecule has 33 heavy (non-hydrogen) atoms. The van der Waals surface area contributed by atoms with E-state index in [1.165, 1.54) is 16.8 Å². The molecule has 4 aromatic rings. The zero-order valence-corrected chi connectivity index (χ0v) is 17.6. The fraction of sp³-hybridized carbons (Fsp3) is 0.0833. The number of phenols is 1. The number of nitrogens with zero attached hydrogens (tertiary/aromatic N) is 4. The predicted octanol–water partition coefficient (Wildman–Crippen LogP) is 5.28. The van der Waals surface area contributed by atoms with E-state index in [0.29, 0.717) is 23.7 Å². The summed E-state index contributed by atoms with van der Waals surface area (Å²) in [5.41, 5.74) is 2.18. The molecule has 9 heteroatoms. The quantitative estimate of drug-likeness (QED) is 0.332. The number of carboxylic acid groups (broad SMARTS) is 1. The minimum Gasteiger partial charge on any atom is -0.506 e. The highest BCUT2D eigenvalue weighted by Crippen LogP contribution is 2.35. The largest absolute Gasteiger partial charge is 0.506 e. The Balaban J connectivity index is 1.51. The monoisotopic (exact) mass is 444 g/mol. The van der Waals surface area contributed by atoms with E-state index in [1.807, 2.05) is 30.3 Å². The van der Waals surface area contributed by atoms with E-state index in [-0.39, 0.29) is 28.6 Å². The van der Waals surface area contributed by atoms with Crippen molar-refractivity contribution < 1.29 is 24.9 Å². The van der Waals surface area contributed by atoms with Crippen molar-refractivity contribution in [1.82, 2.24) is 9.78 Å². The smallest absolute Gasteiger partial charge is 0.335 e. The molecular weight excluding hydrogens is 424 g/mol. The fourth-order valence-electron chi connectivity index (χ4n) is 3.07. The first kappa shape index (κ1) is 21.6. The van der Waals surface area contributed by atoms with E-state index in [1.54, 1.807) is 31.2 Å². The number of benzene rings is 3. The SMILES string of the molecule is Cc1nn(-c2ccc(OCc3ccccc3)cc2)c(O)c1/N=N/c1ccc(C(=O)O)cc1O. The summed E-state index contributed by atoms with van der Waals surface area (Å²) in [4.78, 5) is 11.0. The molecule has 3 N–H and O–H groups in total. The number of phenolic OH excluding ortho intramolecular Hbond substituents is 1. The number of ether oxygens (including phenoxy) is 1. The van der Waals surface area contributed by atoms with Crippen LogP contribution in [-0.4, -0.2) is 31.1 Å². The molecule has 0 radical (unpaired) electrons. The van der Waals surface area contributed by atoms with Gasteiger partial charge in [-0.3, -0.25) is 0 Å². The van der Waals surface area contributed by atoms with E-state index in [2.05, 4.69) is 15.3 Å². The number of hydrogen-bond donors (Lipinski definition) is 3. The predicted molar refractivity (Wildman–Crippen MR) is 120 cm³/mol. The molecule has 0 fully saturated rings. The fourth-order valence-corrected chi connectivity index (χ4v) is 3.07. The second kappa shape index (κ2) is 9.23. The maximum absolute atomic E-state index is 11.0. The Hall–Kier alpha value is -4.66. The summed E-state index contributed by atoms with van der Waals surface area (Å²) < 4.78 is 7.10. The molecule has 0 saturated heterocycles. The summed E-state index contributed by atoms with van der Waals surface area (Å²) >= 11 is 0. The van der Waals surface area contributed by atoms with Crippen LogP contribution in [0.15, 0.2) is 83.0 Å². The third kappa shape index (κ3) is 4.82. The second-order valence-corrected chi connectivity index (χ2v) is 7.15. The van der Waals surface area contributed by atoms with Gasteiger partial charge in [0.25, 0.3) is 0 Å². The van der Waals surface area contributed by atoms with Crippen LogP contribution in [0.2, 0.25) is 0 Å². The van der Waals surface area contributed by atoms with Gasteiger partial charge in [0, 0.05) is 0 Å². The normalized spacial score (nSPS) is 11.1. The summed E-state index contributed by atoms with van der Waals surface area (Å²) in [6, 6.07) is 20.6. The van der Waals surface area contributed by atoms with E-state index in [4.69, 9.17) is 9.84 Å². The number of aromatic nitrogens is 2. The number of carbonyl (C=O) groups is 1. The van der Waals surface area contributed by atoms with Gasteiger partial charge in [-0.25, -0.2) is 4.79 Å². The summed E-state index contributed by atoms with van der Waals surface area (Å²) in [6.45, 7) is 2.10. The molecule has 0 unspecified atom stereocenters. The van der Waals surface area contributed by atoms with E-state index >= 15 is 0 Å². The molecule has 0 aliphatic heterocycles. The molecule has 4 rings (SSSR count). The molecule has 0 saturated carbocycles. The molecule has 0 aliphatic carbocycles. The van der Waals surface area contributed by atoms with Crippen molar-refractivity contribution in [1.29, 1.82) is 0 Å². The van der Waals surface area contributed by atoms with Gasteiger partial charge in [0.05, 0.1) is 16.9 Å². The van der Waals surface area contributed by atoms with Crippen LogP contribution < -0.4 is 4.74 Å². The van der Waals surface area contributed by atoms with Crippen LogP contribution in [0.25, 0.3) is 5.69 Å². The first-order chi connectivity index (χ1) is 15.9.